The third-order valence-corrected chi connectivity index (χ3v) is 6.04. The molecule has 0 atom stereocenters. The number of amides is 2. The van der Waals surface area contributed by atoms with Crippen molar-refractivity contribution in [3.8, 4) is 5.75 Å². The first-order valence-corrected chi connectivity index (χ1v) is 9.68. The van der Waals surface area contributed by atoms with E-state index in [4.69, 9.17) is 4.74 Å². The summed E-state index contributed by atoms with van der Waals surface area (Å²) >= 11 is 0. The zero-order valence-electron chi connectivity index (χ0n) is 14.6. The third-order valence-electron chi connectivity index (χ3n) is 4.14. The van der Waals surface area contributed by atoms with Crippen LogP contribution >= 0.6 is 0 Å². The van der Waals surface area contributed by atoms with Gasteiger partial charge < -0.3 is 15.0 Å². The van der Waals surface area contributed by atoms with E-state index in [1.165, 1.54) is 19.2 Å². The van der Waals surface area contributed by atoms with E-state index in [2.05, 4.69) is 10.0 Å². The predicted molar refractivity (Wildman–Crippen MR) is 93.8 cm³/mol. The Labute approximate surface area is 147 Å². The molecule has 25 heavy (non-hydrogen) atoms. The van der Waals surface area contributed by atoms with Gasteiger partial charge >= 0.3 is 6.03 Å². The number of hydrogen-bond donors (Lipinski definition) is 2. The number of likely N-dealkylation sites (tertiary alicyclic amines) is 1. The fraction of sp³-hybridized carbons (Fsp3) is 0.562. The summed E-state index contributed by atoms with van der Waals surface area (Å²) in [5.74, 6) is -0.446. The maximum atomic E-state index is 13.7. The van der Waals surface area contributed by atoms with Crippen molar-refractivity contribution in [3.05, 3.63) is 24.0 Å². The maximum absolute atomic E-state index is 13.7. The van der Waals surface area contributed by atoms with Crippen molar-refractivity contribution in [2.45, 2.75) is 38.0 Å². The fourth-order valence-corrected chi connectivity index (χ4v) is 3.49. The van der Waals surface area contributed by atoms with Gasteiger partial charge in [-0.3, -0.25) is 0 Å². The molecule has 2 amide bonds. The summed E-state index contributed by atoms with van der Waals surface area (Å²) in [4.78, 5) is 13.8. The molecule has 1 aromatic carbocycles. The number of carbonyl (C=O) groups is 1. The van der Waals surface area contributed by atoms with E-state index in [0.29, 0.717) is 31.6 Å². The molecule has 9 heteroatoms. The van der Waals surface area contributed by atoms with Crippen molar-refractivity contribution in [3.63, 3.8) is 0 Å². The zero-order chi connectivity index (χ0) is 18.6. The van der Waals surface area contributed by atoms with E-state index in [-0.39, 0.29) is 17.8 Å². The molecular formula is C16H24FN3O4S. The molecule has 1 aromatic rings. The quantitative estimate of drug-likeness (QED) is 0.828. The largest absolute Gasteiger partial charge is 0.494 e. The third kappa shape index (κ3) is 5.05. The highest BCUT2D eigenvalue weighted by Crippen LogP contribution is 2.21. The molecular weight excluding hydrogens is 349 g/mol. The molecule has 2 rings (SSSR count). The molecule has 0 radical (unpaired) electrons. The molecule has 0 unspecified atom stereocenters. The zero-order valence-corrected chi connectivity index (χ0v) is 15.4. The van der Waals surface area contributed by atoms with Crippen molar-refractivity contribution in [2.75, 3.05) is 25.5 Å². The number of halogens is 1. The molecule has 140 valence electrons. The molecule has 0 spiro atoms. The molecule has 0 bridgehead atoms. The number of ether oxygens (including phenoxy) is 1. The van der Waals surface area contributed by atoms with Crippen LogP contribution in [0.5, 0.6) is 5.75 Å². The highest BCUT2D eigenvalue weighted by Gasteiger charge is 2.27. The van der Waals surface area contributed by atoms with Crippen LogP contribution in [0.15, 0.2) is 18.2 Å². The van der Waals surface area contributed by atoms with Gasteiger partial charge in [0.25, 0.3) is 0 Å². The molecule has 2 N–H and O–H groups in total. The second-order valence-electron chi connectivity index (χ2n) is 6.25. The number of nitrogens with one attached hydrogen (secondary N) is 2. The summed E-state index contributed by atoms with van der Waals surface area (Å²) in [5, 5.41) is 2.15. The van der Waals surface area contributed by atoms with Gasteiger partial charge in [-0.1, -0.05) is 0 Å². The number of urea groups is 1. The second kappa shape index (κ2) is 8.01. The SMILES string of the molecule is COc1ccc(NC(=O)N2CCC(NS(=O)(=O)C(C)C)CC2)cc1F. The maximum Gasteiger partial charge on any atom is 0.321 e. The highest BCUT2D eigenvalue weighted by molar-refractivity contribution is 7.90. The number of piperidine rings is 1. The lowest BCUT2D eigenvalue weighted by Crippen LogP contribution is -2.48. The summed E-state index contributed by atoms with van der Waals surface area (Å²) in [6.45, 7) is 4.10. The molecule has 1 saturated heterocycles. The van der Waals surface area contributed by atoms with Crippen molar-refractivity contribution in [2.24, 2.45) is 0 Å². The molecule has 1 heterocycles. The van der Waals surface area contributed by atoms with E-state index in [1.807, 2.05) is 0 Å². The average Bonchev–Trinajstić information content (AvgIpc) is 2.55. The van der Waals surface area contributed by atoms with E-state index >= 15 is 0 Å². The van der Waals surface area contributed by atoms with Crippen LogP contribution in [-0.4, -0.2) is 50.8 Å². The topological polar surface area (TPSA) is 87.7 Å². The minimum absolute atomic E-state index is 0.108. The predicted octanol–water partition coefficient (Wildman–Crippen LogP) is 2.16. The molecule has 1 aliphatic rings. The molecule has 0 aromatic heterocycles. The summed E-state index contributed by atoms with van der Waals surface area (Å²) in [6.07, 6.45) is 1.08. The van der Waals surface area contributed by atoms with Gasteiger partial charge in [-0.25, -0.2) is 22.3 Å². The van der Waals surface area contributed by atoms with Gasteiger partial charge in [0, 0.05) is 30.9 Å². The van der Waals surface area contributed by atoms with Crippen molar-refractivity contribution in [1.82, 2.24) is 9.62 Å². The molecule has 0 saturated carbocycles. The smallest absolute Gasteiger partial charge is 0.321 e. The minimum atomic E-state index is -3.32. The first-order valence-electron chi connectivity index (χ1n) is 8.13. The summed E-state index contributed by atoms with van der Waals surface area (Å²) in [5.41, 5.74) is 0.339. The first kappa shape index (κ1) is 19.5. The number of benzene rings is 1. The summed E-state index contributed by atoms with van der Waals surface area (Å²) in [6, 6.07) is 3.69. The summed E-state index contributed by atoms with van der Waals surface area (Å²) in [7, 11) is -1.95. The van der Waals surface area contributed by atoms with E-state index in [9.17, 15) is 17.6 Å². The van der Waals surface area contributed by atoms with Crippen molar-refractivity contribution >= 4 is 21.7 Å². The van der Waals surface area contributed by atoms with E-state index in [0.717, 1.165) is 0 Å². The Morgan fingerprint density at radius 3 is 2.48 bits per heavy atom. The average molecular weight is 373 g/mol. The van der Waals surface area contributed by atoms with E-state index in [1.54, 1.807) is 24.8 Å². The Hall–Kier alpha value is -1.87. The highest BCUT2D eigenvalue weighted by atomic mass is 32.2. The molecule has 1 fully saturated rings. The lowest BCUT2D eigenvalue weighted by Gasteiger charge is -2.32. The summed E-state index contributed by atoms with van der Waals surface area (Å²) < 4.78 is 45.0. The van der Waals surface area contributed by atoms with Crippen LogP contribution in [0.3, 0.4) is 0 Å². The van der Waals surface area contributed by atoms with Crippen LogP contribution in [0.2, 0.25) is 0 Å². The molecule has 7 nitrogen and oxygen atoms in total. The van der Waals surface area contributed by atoms with Crippen LogP contribution in [0.25, 0.3) is 0 Å². The van der Waals surface area contributed by atoms with E-state index < -0.39 is 21.1 Å². The normalized spacial score (nSPS) is 16.1. The molecule has 0 aliphatic carbocycles. The van der Waals surface area contributed by atoms with Gasteiger partial charge in [0.2, 0.25) is 10.0 Å². The number of anilines is 1. The van der Waals surface area contributed by atoms with Crippen LogP contribution in [0.4, 0.5) is 14.9 Å². The van der Waals surface area contributed by atoms with Crippen LogP contribution in [-0.2, 0) is 10.0 Å². The molecule has 1 aliphatic heterocycles. The lowest BCUT2D eigenvalue weighted by molar-refractivity contribution is 0.193. The lowest BCUT2D eigenvalue weighted by atomic mass is 10.1. The van der Waals surface area contributed by atoms with Crippen molar-refractivity contribution < 1.29 is 22.3 Å². The fourth-order valence-electron chi connectivity index (χ4n) is 2.52. The Morgan fingerprint density at radius 1 is 1.32 bits per heavy atom. The Morgan fingerprint density at radius 2 is 1.96 bits per heavy atom. The monoisotopic (exact) mass is 373 g/mol. The Bertz CT molecular complexity index is 716. The number of rotatable bonds is 5. The van der Waals surface area contributed by atoms with Gasteiger partial charge in [-0.05, 0) is 38.8 Å². The number of hydrogen-bond acceptors (Lipinski definition) is 4. The number of methoxy groups -OCH3 is 1. The second-order valence-corrected chi connectivity index (χ2v) is 8.52. The van der Waals surface area contributed by atoms with Gasteiger partial charge in [0.15, 0.2) is 11.6 Å². The number of sulfonamides is 1. The number of carbonyl (C=O) groups excluding carboxylic acids is 1. The Kier molecular flexibility index (Phi) is 6.23. The van der Waals surface area contributed by atoms with Crippen LogP contribution < -0.4 is 14.8 Å². The standard InChI is InChI=1S/C16H24FN3O4S/c1-11(2)25(22,23)19-12-6-8-20(9-7-12)16(21)18-13-4-5-15(24-3)14(17)10-13/h4-5,10-12,19H,6-9H2,1-3H3,(H,18,21). The van der Waals surface area contributed by atoms with Crippen LogP contribution in [0, 0.1) is 5.82 Å². The van der Waals surface area contributed by atoms with Gasteiger partial charge in [-0.2, -0.15) is 0 Å². The van der Waals surface area contributed by atoms with Gasteiger partial charge in [-0.15, -0.1) is 0 Å². The first-order chi connectivity index (χ1) is 11.7. The van der Waals surface area contributed by atoms with Gasteiger partial charge in [0.1, 0.15) is 0 Å². The van der Waals surface area contributed by atoms with Crippen molar-refractivity contribution in [1.29, 1.82) is 0 Å². The minimum Gasteiger partial charge on any atom is -0.494 e. The van der Waals surface area contributed by atoms with Gasteiger partial charge in [0.05, 0.1) is 12.4 Å². The number of nitrogens with zero attached hydrogens (tertiary/aromatic N) is 1. The van der Waals surface area contributed by atoms with Crippen LogP contribution in [0.1, 0.15) is 26.7 Å². The Balaban J connectivity index is 1.88.